The Kier molecular flexibility index (Phi) is 5.00. The number of anilines is 1. The molecule has 0 saturated heterocycles. The molecule has 1 aliphatic heterocycles. The van der Waals surface area contributed by atoms with Gasteiger partial charge < -0.3 is 20.1 Å². The van der Waals surface area contributed by atoms with Crippen LogP contribution < -0.4 is 15.4 Å². The highest BCUT2D eigenvalue weighted by atomic mass is 16.5. The van der Waals surface area contributed by atoms with Gasteiger partial charge in [-0.1, -0.05) is 12.1 Å². The third-order valence-corrected chi connectivity index (χ3v) is 3.56. The van der Waals surface area contributed by atoms with Gasteiger partial charge in [0, 0.05) is 12.1 Å². The maximum atomic E-state index is 12.6. The van der Waals surface area contributed by atoms with E-state index in [2.05, 4.69) is 10.6 Å². The van der Waals surface area contributed by atoms with Crippen molar-refractivity contribution < 1.29 is 23.9 Å². The monoisotopic (exact) mass is 318 g/mol. The van der Waals surface area contributed by atoms with Gasteiger partial charge in [-0.3, -0.25) is 9.59 Å². The Morgan fingerprint density at radius 2 is 1.96 bits per heavy atom. The number of amides is 2. The van der Waals surface area contributed by atoms with E-state index in [0.717, 1.165) is 0 Å². The van der Waals surface area contributed by atoms with Crippen LogP contribution in [0.3, 0.4) is 0 Å². The van der Waals surface area contributed by atoms with Gasteiger partial charge in [-0.05, 0) is 19.1 Å². The number of carbonyl (C=O) groups excluding carboxylic acids is 3. The van der Waals surface area contributed by atoms with E-state index in [-0.39, 0.29) is 17.9 Å². The number of para-hydroxylation sites is 2. The van der Waals surface area contributed by atoms with E-state index >= 15 is 0 Å². The van der Waals surface area contributed by atoms with Crippen molar-refractivity contribution in [3.8, 4) is 5.75 Å². The van der Waals surface area contributed by atoms with Crippen LogP contribution in [0, 0.1) is 5.92 Å². The molecular formula is C16H18N2O5. The SMILES string of the molecule is COC(=O)C1=C(C)NC(=O)C[C@H]1C(=O)Nc1ccccc1OC. The van der Waals surface area contributed by atoms with Crippen LogP contribution in [-0.2, 0) is 19.1 Å². The topological polar surface area (TPSA) is 93.7 Å². The Morgan fingerprint density at radius 1 is 1.26 bits per heavy atom. The second kappa shape index (κ2) is 6.95. The van der Waals surface area contributed by atoms with Gasteiger partial charge in [-0.15, -0.1) is 0 Å². The highest BCUT2D eigenvalue weighted by molar-refractivity contribution is 6.06. The van der Waals surface area contributed by atoms with Gasteiger partial charge in [0.15, 0.2) is 0 Å². The van der Waals surface area contributed by atoms with E-state index < -0.39 is 17.8 Å². The molecule has 0 aromatic heterocycles. The highest BCUT2D eigenvalue weighted by Gasteiger charge is 2.36. The summed E-state index contributed by atoms with van der Waals surface area (Å²) in [6.07, 6.45) is -0.122. The van der Waals surface area contributed by atoms with Gasteiger partial charge in [-0.25, -0.2) is 4.79 Å². The standard InChI is InChI=1S/C16H18N2O5/c1-9-14(16(21)23-3)10(8-13(19)17-9)15(20)18-11-6-4-5-7-12(11)22-2/h4-7,10H,8H2,1-3H3,(H,17,19)(H,18,20)/t10-/m1/s1. The van der Waals surface area contributed by atoms with Crippen LogP contribution in [0.4, 0.5) is 5.69 Å². The largest absolute Gasteiger partial charge is 0.495 e. The molecule has 23 heavy (non-hydrogen) atoms. The lowest BCUT2D eigenvalue weighted by Crippen LogP contribution is -2.40. The predicted molar refractivity (Wildman–Crippen MR) is 82.6 cm³/mol. The minimum atomic E-state index is -0.916. The molecule has 0 unspecified atom stereocenters. The molecule has 0 aliphatic carbocycles. The normalized spacial score (nSPS) is 17.3. The molecule has 1 aliphatic rings. The molecule has 1 aromatic carbocycles. The number of esters is 1. The summed E-state index contributed by atoms with van der Waals surface area (Å²) in [6, 6.07) is 6.89. The minimum absolute atomic E-state index is 0.122. The number of methoxy groups -OCH3 is 2. The average Bonchev–Trinajstić information content (AvgIpc) is 2.54. The van der Waals surface area contributed by atoms with E-state index in [4.69, 9.17) is 9.47 Å². The molecule has 0 spiro atoms. The number of rotatable bonds is 4. The average molecular weight is 318 g/mol. The Balaban J connectivity index is 2.30. The first-order chi connectivity index (χ1) is 11.0. The number of carbonyl (C=O) groups is 3. The van der Waals surface area contributed by atoms with Crippen molar-refractivity contribution in [3.05, 3.63) is 35.5 Å². The van der Waals surface area contributed by atoms with Crippen molar-refractivity contribution in [3.63, 3.8) is 0 Å². The molecule has 2 amide bonds. The fraction of sp³-hybridized carbons (Fsp3) is 0.312. The highest BCUT2D eigenvalue weighted by Crippen LogP contribution is 2.28. The third kappa shape index (κ3) is 3.50. The number of hydrogen-bond acceptors (Lipinski definition) is 5. The molecule has 0 fully saturated rings. The summed E-state index contributed by atoms with van der Waals surface area (Å²) < 4.78 is 9.89. The zero-order valence-electron chi connectivity index (χ0n) is 13.1. The van der Waals surface area contributed by atoms with Crippen molar-refractivity contribution in [2.75, 3.05) is 19.5 Å². The second-order valence-corrected chi connectivity index (χ2v) is 5.02. The molecule has 7 heteroatoms. The van der Waals surface area contributed by atoms with Crippen LogP contribution in [0.25, 0.3) is 0 Å². The number of nitrogens with one attached hydrogen (secondary N) is 2. The maximum absolute atomic E-state index is 12.6. The quantitative estimate of drug-likeness (QED) is 0.814. The van der Waals surface area contributed by atoms with Crippen molar-refractivity contribution in [1.82, 2.24) is 5.32 Å². The molecule has 0 saturated carbocycles. The first-order valence-electron chi connectivity index (χ1n) is 7.00. The fourth-order valence-corrected chi connectivity index (χ4v) is 2.47. The number of hydrogen-bond donors (Lipinski definition) is 2. The molecule has 0 radical (unpaired) electrons. The van der Waals surface area contributed by atoms with E-state index in [1.165, 1.54) is 14.2 Å². The van der Waals surface area contributed by atoms with Crippen molar-refractivity contribution in [1.29, 1.82) is 0 Å². The zero-order chi connectivity index (χ0) is 17.0. The second-order valence-electron chi connectivity index (χ2n) is 5.02. The molecule has 122 valence electrons. The summed E-state index contributed by atoms with van der Waals surface area (Å²) in [5, 5.41) is 5.25. The molecule has 1 heterocycles. The fourth-order valence-electron chi connectivity index (χ4n) is 2.47. The summed E-state index contributed by atoms with van der Waals surface area (Å²) in [5.74, 6) is -1.86. The van der Waals surface area contributed by atoms with Crippen LogP contribution in [0.5, 0.6) is 5.75 Å². The summed E-state index contributed by atoms with van der Waals surface area (Å²) in [7, 11) is 2.72. The maximum Gasteiger partial charge on any atom is 0.336 e. The molecule has 0 bridgehead atoms. The van der Waals surface area contributed by atoms with Crippen LogP contribution in [0.15, 0.2) is 35.5 Å². The van der Waals surface area contributed by atoms with Crippen molar-refractivity contribution >= 4 is 23.5 Å². The summed E-state index contributed by atoms with van der Waals surface area (Å²) >= 11 is 0. The van der Waals surface area contributed by atoms with Gasteiger partial charge in [-0.2, -0.15) is 0 Å². The first-order valence-corrected chi connectivity index (χ1v) is 7.00. The molecule has 1 aromatic rings. The lowest BCUT2D eigenvalue weighted by molar-refractivity contribution is -0.139. The van der Waals surface area contributed by atoms with E-state index in [9.17, 15) is 14.4 Å². The lowest BCUT2D eigenvalue weighted by atomic mass is 9.89. The van der Waals surface area contributed by atoms with Gasteiger partial charge in [0.2, 0.25) is 11.8 Å². The van der Waals surface area contributed by atoms with Crippen LogP contribution in [0.1, 0.15) is 13.3 Å². The van der Waals surface area contributed by atoms with Gasteiger partial charge in [0.05, 0.1) is 31.4 Å². The summed E-state index contributed by atoms with van der Waals surface area (Å²) in [5.41, 5.74) is 0.945. The Labute approximate surface area is 133 Å². The minimum Gasteiger partial charge on any atom is -0.495 e. The first kappa shape index (κ1) is 16.5. The summed E-state index contributed by atoms with van der Waals surface area (Å²) in [6.45, 7) is 1.56. The Bertz CT molecular complexity index is 681. The third-order valence-electron chi connectivity index (χ3n) is 3.56. The molecular weight excluding hydrogens is 300 g/mol. The van der Waals surface area contributed by atoms with Crippen molar-refractivity contribution in [2.45, 2.75) is 13.3 Å². The number of ether oxygens (including phenoxy) is 2. The molecule has 2 rings (SSSR count). The van der Waals surface area contributed by atoms with Gasteiger partial charge >= 0.3 is 5.97 Å². The van der Waals surface area contributed by atoms with E-state index in [1.54, 1.807) is 31.2 Å². The molecule has 7 nitrogen and oxygen atoms in total. The molecule has 1 atom stereocenters. The van der Waals surface area contributed by atoms with Gasteiger partial charge in [0.25, 0.3) is 0 Å². The lowest BCUT2D eigenvalue weighted by Gasteiger charge is -2.25. The Hall–Kier alpha value is -2.83. The summed E-state index contributed by atoms with van der Waals surface area (Å²) in [4.78, 5) is 36.2. The van der Waals surface area contributed by atoms with Crippen molar-refractivity contribution in [2.24, 2.45) is 5.92 Å². The number of benzene rings is 1. The van der Waals surface area contributed by atoms with Crippen LogP contribution in [0.2, 0.25) is 0 Å². The van der Waals surface area contributed by atoms with Crippen LogP contribution >= 0.6 is 0 Å². The van der Waals surface area contributed by atoms with Gasteiger partial charge in [0.1, 0.15) is 5.75 Å². The smallest absolute Gasteiger partial charge is 0.336 e. The Morgan fingerprint density at radius 3 is 2.61 bits per heavy atom. The number of allylic oxidation sites excluding steroid dienone is 1. The molecule has 2 N–H and O–H groups in total. The predicted octanol–water partition coefficient (Wildman–Crippen LogP) is 1.22. The zero-order valence-corrected chi connectivity index (χ0v) is 13.1. The van der Waals surface area contributed by atoms with Crippen LogP contribution in [-0.4, -0.2) is 32.0 Å². The van der Waals surface area contributed by atoms with E-state index in [0.29, 0.717) is 17.1 Å². The van der Waals surface area contributed by atoms with E-state index in [1.807, 2.05) is 0 Å².